The molecule has 136 valence electrons. The smallest absolute Gasteiger partial charge is 0.254 e. The molecule has 1 saturated heterocycles. The summed E-state index contributed by atoms with van der Waals surface area (Å²) in [5, 5.41) is 7.66. The third-order valence-electron chi connectivity index (χ3n) is 5.30. The van der Waals surface area contributed by atoms with Gasteiger partial charge in [-0.15, -0.1) is 0 Å². The van der Waals surface area contributed by atoms with Crippen LogP contribution in [0, 0.1) is 6.92 Å². The molecule has 1 atom stereocenters. The number of carbonyl (C=O) groups is 1. The molecule has 1 fully saturated rings. The van der Waals surface area contributed by atoms with Crippen LogP contribution in [0.3, 0.4) is 0 Å². The second kappa shape index (κ2) is 6.57. The molecule has 0 radical (unpaired) electrons. The number of allylic oxidation sites excluding steroid dienone is 1. The second-order valence-corrected chi connectivity index (χ2v) is 7.05. The number of likely N-dealkylation sites (N-methyl/N-ethyl adjacent to an activating group) is 1. The molecule has 0 spiro atoms. The fourth-order valence-electron chi connectivity index (χ4n) is 3.73. The molecule has 7 heteroatoms. The Morgan fingerprint density at radius 1 is 1.15 bits per heavy atom. The predicted molar refractivity (Wildman–Crippen MR) is 99.7 cm³/mol. The van der Waals surface area contributed by atoms with E-state index in [0.29, 0.717) is 5.95 Å². The number of carbonyl (C=O) groups excluding carboxylic acids is 1. The van der Waals surface area contributed by atoms with E-state index >= 15 is 0 Å². The SMILES string of the molecule is CC1=C(C(=O)N2CCN(C)CC2)C(c2ccccc2C)n2ncnc2N1. The molecule has 26 heavy (non-hydrogen) atoms. The maximum atomic E-state index is 13.4. The van der Waals surface area contributed by atoms with Gasteiger partial charge in [-0.25, -0.2) is 4.68 Å². The van der Waals surface area contributed by atoms with Crippen molar-refractivity contribution in [2.45, 2.75) is 19.9 Å². The summed E-state index contributed by atoms with van der Waals surface area (Å²) in [6, 6.07) is 7.90. The molecule has 1 aromatic carbocycles. The van der Waals surface area contributed by atoms with Crippen LogP contribution >= 0.6 is 0 Å². The predicted octanol–water partition coefficient (Wildman–Crippen LogP) is 1.65. The Balaban J connectivity index is 1.78. The first-order chi connectivity index (χ1) is 12.6. The highest BCUT2D eigenvalue weighted by Gasteiger charge is 2.36. The van der Waals surface area contributed by atoms with Gasteiger partial charge in [0.1, 0.15) is 12.4 Å². The number of benzene rings is 1. The first-order valence-electron chi connectivity index (χ1n) is 8.97. The Morgan fingerprint density at radius 2 is 1.88 bits per heavy atom. The van der Waals surface area contributed by atoms with E-state index in [-0.39, 0.29) is 11.9 Å². The zero-order valence-electron chi connectivity index (χ0n) is 15.4. The molecule has 1 N–H and O–H groups in total. The van der Waals surface area contributed by atoms with Gasteiger partial charge in [0.15, 0.2) is 0 Å². The van der Waals surface area contributed by atoms with Crippen LogP contribution in [0.4, 0.5) is 5.95 Å². The zero-order chi connectivity index (χ0) is 18.3. The molecule has 2 aromatic rings. The van der Waals surface area contributed by atoms with E-state index in [4.69, 9.17) is 0 Å². The molecule has 1 unspecified atom stereocenters. The quantitative estimate of drug-likeness (QED) is 0.890. The van der Waals surface area contributed by atoms with Gasteiger partial charge in [0.05, 0.1) is 5.57 Å². The standard InChI is InChI=1S/C19H24N6O/c1-13-6-4-5-7-15(13)17-16(14(2)22-19-20-12-21-25(17)19)18(26)24-10-8-23(3)9-11-24/h4-7,12,17H,8-11H2,1-3H3,(H,20,21,22). The van der Waals surface area contributed by atoms with Gasteiger partial charge in [0.2, 0.25) is 5.95 Å². The number of amides is 1. The number of aryl methyl sites for hydroxylation is 1. The number of aromatic nitrogens is 3. The lowest BCUT2D eigenvalue weighted by Crippen LogP contribution is -2.49. The van der Waals surface area contributed by atoms with Crippen LogP contribution in [0.2, 0.25) is 0 Å². The number of hydrogen-bond donors (Lipinski definition) is 1. The first kappa shape index (κ1) is 16.8. The highest BCUT2D eigenvalue weighted by Crippen LogP contribution is 2.36. The van der Waals surface area contributed by atoms with Crippen molar-refractivity contribution in [3.05, 3.63) is 53.0 Å². The molecule has 2 aliphatic rings. The van der Waals surface area contributed by atoms with E-state index in [9.17, 15) is 4.79 Å². The Hall–Kier alpha value is -2.67. The van der Waals surface area contributed by atoms with Crippen molar-refractivity contribution in [3.63, 3.8) is 0 Å². The van der Waals surface area contributed by atoms with E-state index in [1.807, 2.05) is 28.6 Å². The van der Waals surface area contributed by atoms with Crippen molar-refractivity contribution < 1.29 is 4.79 Å². The van der Waals surface area contributed by atoms with E-state index in [0.717, 1.165) is 48.6 Å². The summed E-state index contributed by atoms with van der Waals surface area (Å²) in [5.74, 6) is 0.753. The van der Waals surface area contributed by atoms with Gasteiger partial charge in [0.25, 0.3) is 5.91 Å². The number of rotatable bonds is 2. The Bertz CT molecular complexity index is 862. The van der Waals surface area contributed by atoms with Gasteiger partial charge in [-0.1, -0.05) is 24.3 Å². The van der Waals surface area contributed by atoms with Gasteiger partial charge in [-0.05, 0) is 32.0 Å². The lowest BCUT2D eigenvalue weighted by molar-refractivity contribution is -0.129. The molecular formula is C19H24N6O. The van der Waals surface area contributed by atoms with Crippen molar-refractivity contribution in [2.75, 3.05) is 38.5 Å². The zero-order valence-corrected chi connectivity index (χ0v) is 15.4. The van der Waals surface area contributed by atoms with Gasteiger partial charge < -0.3 is 15.1 Å². The minimum atomic E-state index is -0.262. The van der Waals surface area contributed by atoms with Crippen LogP contribution < -0.4 is 5.32 Å². The average Bonchev–Trinajstić information content (AvgIpc) is 3.09. The summed E-state index contributed by atoms with van der Waals surface area (Å²) in [5.41, 5.74) is 3.82. The summed E-state index contributed by atoms with van der Waals surface area (Å²) in [7, 11) is 2.09. The Labute approximate surface area is 153 Å². The minimum absolute atomic E-state index is 0.0810. The molecule has 4 rings (SSSR count). The third-order valence-corrected chi connectivity index (χ3v) is 5.30. The van der Waals surface area contributed by atoms with Crippen LogP contribution in [-0.4, -0.2) is 63.7 Å². The van der Waals surface area contributed by atoms with E-state index < -0.39 is 0 Å². The van der Waals surface area contributed by atoms with E-state index in [2.05, 4.69) is 46.4 Å². The van der Waals surface area contributed by atoms with Crippen LogP contribution in [0.25, 0.3) is 0 Å². The lowest BCUT2D eigenvalue weighted by atomic mass is 9.91. The summed E-state index contributed by atoms with van der Waals surface area (Å²) >= 11 is 0. The molecule has 1 aromatic heterocycles. The minimum Gasteiger partial charge on any atom is -0.336 e. The average molecular weight is 352 g/mol. The normalized spacial score (nSPS) is 20.7. The number of piperazine rings is 1. The highest BCUT2D eigenvalue weighted by atomic mass is 16.2. The number of anilines is 1. The number of fused-ring (bicyclic) bond motifs is 1. The van der Waals surface area contributed by atoms with Gasteiger partial charge >= 0.3 is 0 Å². The summed E-state index contributed by atoms with van der Waals surface area (Å²) in [6.45, 7) is 7.31. The van der Waals surface area contributed by atoms with Gasteiger partial charge in [-0.3, -0.25) is 4.79 Å². The topological polar surface area (TPSA) is 66.3 Å². The third kappa shape index (κ3) is 2.78. The number of nitrogens with one attached hydrogen (secondary N) is 1. The number of nitrogens with zero attached hydrogens (tertiary/aromatic N) is 5. The van der Waals surface area contributed by atoms with Crippen molar-refractivity contribution in [1.82, 2.24) is 24.6 Å². The van der Waals surface area contributed by atoms with Gasteiger partial charge in [-0.2, -0.15) is 10.1 Å². The van der Waals surface area contributed by atoms with Crippen molar-refractivity contribution in [1.29, 1.82) is 0 Å². The lowest BCUT2D eigenvalue weighted by Gasteiger charge is -2.36. The fourth-order valence-corrected chi connectivity index (χ4v) is 3.73. The molecule has 0 saturated carbocycles. The van der Waals surface area contributed by atoms with E-state index in [1.54, 1.807) is 0 Å². The number of hydrogen-bond acceptors (Lipinski definition) is 5. The maximum absolute atomic E-state index is 13.4. The van der Waals surface area contributed by atoms with Crippen molar-refractivity contribution >= 4 is 11.9 Å². The second-order valence-electron chi connectivity index (χ2n) is 7.05. The summed E-state index contributed by atoms with van der Waals surface area (Å²) < 4.78 is 1.82. The molecule has 1 amide bonds. The van der Waals surface area contributed by atoms with E-state index in [1.165, 1.54) is 6.33 Å². The van der Waals surface area contributed by atoms with Gasteiger partial charge in [0, 0.05) is 31.9 Å². The molecule has 3 heterocycles. The molecule has 7 nitrogen and oxygen atoms in total. The summed E-state index contributed by atoms with van der Waals surface area (Å²) in [6.07, 6.45) is 1.53. The summed E-state index contributed by atoms with van der Waals surface area (Å²) in [4.78, 5) is 21.9. The van der Waals surface area contributed by atoms with Crippen LogP contribution in [0.1, 0.15) is 24.1 Å². The van der Waals surface area contributed by atoms with Crippen molar-refractivity contribution in [3.8, 4) is 0 Å². The Kier molecular flexibility index (Phi) is 4.24. The molecular weight excluding hydrogens is 328 g/mol. The highest BCUT2D eigenvalue weighted by molar-refractivity contribution is 5.97. The first-order valence-corrected chi connectivity index (χ1v) is 8.97. The van der Waals surface area contributed by atoms with Crippen LogP contribution in [0.15, 0.2) is 41.9 Å². The maximum Gasteiger partial charge on any atom is 0.254 e. The van der Waals surface area contributed by atoms with Crippen LogP contribution in [0.5, 0.6) is 0 Å². The molecule has 0 aliphatic carbocycles. The largest absolute Gasteiger partial charge is 0.336 e. The fraction of sp³-hybridized carbons (Fsp3) is 0.421. The van der Waals surface area contributed by atoms with Crippen LogP contribution in [-0.2, 0) is 4.79 Å². The monoisotopic (exact) mass is 352 g/mol. The molecule has 2 aliphatic heterocycles. The van der Waals surface area contributed by atoms with Crippen molar-refractivity contribution in [2.24, 2.45) is 0 Å². The molecule has 0 bridgehead atoms. The Morgan fingerprint density at radius 3 is 2.62 bits per heavy atom.